The molecule has 0 aliphatic heterocycles. The van der Waals surface area contributed by atoms with E-state index in [4.69, 9.17) is 4.74 Å². The lowest BCUT2D eigenvalue weighted by Crippen LogP contribution is -2.41. The number of benzene rings is 3. The van der Waals surface area contributed by atoms with E-state index in [0.29, 0.717) is 37.1 Å². The van der Waals surface area contributed by atoms with E-state index in [2.05, 4.69) is 10.3 Å². The molecule has 0 radical (unpaired) electrons. The number of carboxylic acids is 1. The number of nitrogens with one attached hydrogen (secondary N) is 1. The van der Waals surface area contributed by atoms with Gasteiger partial charge in [0.15, 0.2) is 0 Å². The van der Waals surface area contributed by atoms with Gasteiger partial charge in [0.05, 0.1) is 19.5 Å². The van der Waals surface area contributed by atoms with Gasteiger partial charge >= 0.3 is 5.97 Å². The molecule has 2 N–H and O–H groups in total. The van der Waals surface area contributed by atoms with Crippen LogP contribution in [0.4, 0.5) is 8.78 Å². The molecule has 2 atom stereocenters. The van der Waals surface area contributed by atoms with Crippen molar-refractivity contribution < 1.29 is 28.2 Å². The molecule has 3 aromatic carbocycles. The predicted octanol–water partition coefficient (Wildman–Crippen LogP) is 5.84. The van der Waals surface area contributed by atoms with Crippen LogP contribution in [0.3, 0.4) is 0 Å². The van der Waals surface area contributed by atoms with E-state index in [-0.39, 0.29) is 18.2 Å². The Morgan fingerprint density at radius 2 is 1.69 bits per heavy atom. The summed E-state index contributed by atoms with van der Waals surface area (Å²) in [4.78, 5) is 29.3. The second kappa shape index (κ2) is 15.3. The molecule has 0 bridgehead atoms. The number of thioether (sulfide) groups is 1. The van der Waals surface area contributed by atoms with Crippen LogP contribution in [0.15, 0.2) is 85.5 Å². The lowest BCUT2D eigenvalue weighted by Gasteiger charge is -2.20. The van der Waals surface area contributed by atoms with Gasteiger partial charge in [-0.15, -0.1) is 0 Å². The van der Waals surface area contributed by atoms with Crippen LogP contribution in [0.5, 0.6) is 0 Å². The van der Waals surface area contributed by atoms with Crippen LogP contribution < -0.4 is 5.32 Å². The molecule has 0 aliphatic carbocycles. The van der Waals surface area contributed by atoms with Gasteiger partial charge in [-0.25, -0.2) is 18.6 Å². The second-order valence-electron chi connectivity index (χ2n) is 9.87. The highest BCUT2D eigenvalue weighted by atomic mass is 32.2. The lowest BCUT2D eigenvalue weighted by atomic mass is 9.97. The fourth-order valence-electron chi connectivity index (χ4n) is 4.52. The molecule has 0 saturated carbocycles. The standard InChI is InChI=1S/C32H33F2N3O4S/c1-42-17-14-29(32(39)40)36-31(38)28-18-23(3-7-24(28)6-2-22-4-10-26(33)11-5-22)20-41-30(19-37-16-15-35-21-37)25-8-12-27(34)13-9-25/h3-5,7-13,15-16,18,21,29-30H,2,6,14,17,19-20H2,1H3,(H,36,38)(H,39,40)/t29-,30?/m0/s1. The van der Waals surface area contributed by atoms with Crippen LogP contribution >= 0.6 is 11.8 Å². The number of amides is 1. The van der Waals surface area contributed by atoms with Crippen molar-refractivity contribution in [3.8, 4) is 0 Å². The molecular formula is C32H33F2N3O4S. The summed E-state index contributed by atoms with van der Waals surface area (Å²) in [7, 11) is 0. The third-order valence-electron chi connectivity index (χ3n) is 6.86. The monoisotopic (exact) mass is 593 g/mol. The fourth-order valence-corrected chi connectivity index (χ4v) is 4.99. The maximum atomic E-state index is 13.6. The third-order valence-corrected chi connectivity index (χ3v) is 7.50. The van der Waals surface area contributed by atoms with E-state index in [9.17, 15) is 23.5 Å². The summed E-state index contributed by atoms with van der Waals surface area (Å²) in [6.07, 6.45) is 7.98. The third kappa shape index (κ3) is 8.99. The Hall–Kier alpha value is -4.02. The van der Waals surface area contributed by atoms with E-state index in [0.717, 1.165) is 22.3 Å². The number of imidazole rings is 1. The van der Waals surface area contributed by atoms with E-state index < -0.39 is 24.0 Å². The Kier molecular flexibility index (Phi) is 11.2. The van der Waals surface area contributed by atoms with Gasteiger partial charge in [0.2, 0.25) is 0 Å². The molecule has 4 aromatic rings. The number of hydrogen-bond donors (Lipinski definition) is 2. The van der Waals surface area contributed by atoms with E-state index in [1.807, 2.05) is 29.2 Å². The summed E-state index contributed by atoms with van der Waals surface area (Å²) in [5.74, 6) is -1.65. The maximum absolute atomic E-state index is 13.6. The molecule has 1 amide bonds. The first-order valence-corrected chi connectivity index (χ1v) is 14.9. The Balaban J connectivity index is 1.56. The number of aliphatic carboxylic acids is 1. The number of rotatable bonds is 15. The number of nitrogens with zero attached hydrogens (tertiary/aromatic N) is 2. The molecular weight excluding hydrogens is 560 g/mol. The van der Waals surface area contributed by atoms with Gasteiger partial charge in [-0.3, -0.25) is 4.79 Å². The zero-order valence-corrected chi connectivity index (χ0v) is 24.0. The van der Waals surface area contributed by atoms with Crippen LogP contribution in [-0.2, 0) is 35.5 Å². The normalized spacial score (nSPS) is 12.5. The topological polar surface area (TPSA) is 93.5 Å². The largest absolute Gasteiger partial charge is 0.480 e. The fraction of sp³-hybridized carbons (Fsp3) is 0.281. The first-order valence-electron chi connectivity index (χ1n) is 13.5. The number of hydrogen-bond acceptors (Lipinski definition) is 5. The molecule has 0 fully saturated rings. The second-order valence-corrected chi connectivity index (χ2v) is 10.9. The van der Waals surface area contributed by atoms with Gasteiger partial charge in [0.25, 0.3) is 5.91 Å². The minimum Gasteiger partial charge on any atom is -0.480 e. The van der Waals surface area contributed by atoms with Gasteiger partial charge in [-0.2, -0.15) is 11.8 Å². The smallest absolute Gasteiger partial charge is 0.326 e. The number of ether oxygens (including phenoxy) is 1. The van der Waals surface area contributed by atoms with Gasteiger partial charge in [-0.05, 0) is 83.9 Å². The number of carbonyl (C=O) groups excluding carboxylic acids is 1. The number of aromatic nitrogens is 2. The SMILES string of the molecule is CSCC[C@H](NC(=O)c1cc(COC(Cn2ccnc2)c2ccc(F)cc2)ccc1CCc1ccc(F)cc1)C(=O)O. The number of halogens is 2. The van der Waals surface area contributed by atoms with Crippen molar-refractivity contribution in [3.63, 3.8) is 0 Å². The molecule has 0 saturated heterocycles. The van der Waals surface area contributed by atoms with Crippen molar-refractivity contribution in [3.05, 3.63) is 125 Å². The van der Waals surface area contributed by atoms with E-state index >= 15 is 0 Å². The van der Waals surface area contributed by atoms with Crippen molar-refractivity contribution in [1.82, 2.24) is 14.9 Å². The first-order chi connectivity index (χ1) is 20.3. The molecule has 0 spiro atoms. The average molecular weight is 594 g/mol. The van der Waals surface area contributed by atoms with E-state index in [1.165, 1.54) is 36.0 Å². The zero-order valence-electron chi connectivity index (χ0n) is 23.2. The molecule has 1 heterocycles. The highest BCUT2D eigenvalue weighted by molar-refractivity contribution is 7.98. The predicted molar refractivity (Wildman–Crippen MR) is 158 cm³/mol. The highest BCUT2D eigenvalue weighted by Gasteiger charge is 2.22. The molecule has 7 nitrogen and oxygen atoms in total. The quantitative estimate of drug-likeness (QED) is 0.180. The summed E-state index contributed by atoms with van der Waals surface area (Å²) >= 11 is 1.51. The van der Waals surface area contributed by atoms with Crippen LogP contribution in [0.1, 0.15) is 45.1 Å². The van der Waals surface area contributed by atoms with Gasteiger partial charge in [0.1, 0.15) is 23.8 Å². The first kappa shape index (κ1) is 30.9. The Morgan fingerprint density at radius 1 is 1.00 bits per heavy atom. The van der Waals surface area contributed by atoms with Gasteiger partial charge in [-0.1, -0.05) is 36.4 Å². The minimum atomic E-state index is -1.09. The molecule has 220 valence electrons. The lowest BCUT2D eigenvalue weighted by molar-refractivity contribution is -0.139. The van der Waals surface area contributed by atoms with Crippen molar-refractivity contribution in [1.29, 1.82) is 0 Å². The van der Waals surface area contributed by atoms with Crippen LogP contribution in [0.2, 0.25) is 0 Å². The molecule has 0 aliphatic rings. The van der Waals surface area contributed by atoms with Gasteiger partial charge in [0, 0.05) is 18.0 Å². The Morgan fingerprint density at radius 3 is 2.33 bits per heavy atom. The number of aryl methyl sites for hydroxylation is 2. The minimum absolute atomic E-state index is 0.157. The number of carbonyl (C=O) groups is 2. The summed E-state index contributed by atoms with van der Waals surface area (Å²) in [6, 6.07) is 16.7. The van der Waals surface area contributed by atoms with Crippen molar-refractivity contribution in [2.45, 2.75) is 44.6 Å². The average Bonchev–Trinajstić information content (AvgIpc) is 3.51. The molecule has 4 rings (SSSR count). The maximum Gasteiger partial charge on any atom is 0.326 e. The zero-order chi connectivity index (χ0) is 29.9. The van der Waals surface area contributed by atoms with Crippen molar-refractivity contribution >= 4 is 23.6 Å². The van der Waals surface area contributed by atoms with E-state index in [1.54, 1.807) is 42.9 Å². The number of carboxylic acid groups (broad SMARTS) is 1. The Labute approximate surface area is 247 Å². The summed E-state index contributed by atoms with van der Waals surface area (Å²) < 4.78 is 35.1. The van der Waals surface area contributed by atoms with Crippen molar-refractivity contribution in [2.75, 3.05) is 12.0 Å². The molecule has 10 heteroatoms. The van der Waals surface area contributed by atoms with Gasteiger partial charge < -0.3 is 19.7 Å². The van der Waals surface area contributed by atoms with Crippen LogP contribution in [0.25, 0.3) is 0 Å². The van der Waals surface area contributed by atoms with Crippen LogP contribution in [-0.4, -0.2) is 44.6 Å². The Bertz CT molecular complexity index is 1450. The molecule has 1 aromatic heterocycles. The van der Waals surface area contributed by atoms with Crippen LogP contribution in [0, 0.1) is 11.6 Å². The summed E-state index contributed by atoms with van der Waals surface area (Å²) in [5.41, 5.74) is 3.53. The summed E-state index contributed by atoms with van der Waals surface area (Å²) in [6.45, 7) is 0.606. The highest BCUT2D eigenvalue weighted by Crippen LogP contribution is 2.24. The van der Waals surface area contributed by atoms with Crippen molar-refractivity contribution in [2.24, 2.45) is 0 Å². The molecule has 42 heavy (non-hydrogen) atoms. The molecule has 1 unspecified atom stereocenters. The summed E-state index contributed by atoms with van der Waals surface area (Å²) in [5, 5.41) is 12.3.